The van der Waals surface area contributed by atoms with Crippen molar-refractivity contribution in [2.75, 3.05) is 0 Å². The van der Waals surface area contributed by atoms with Crippen molar-refractivity contribution in [3.05, 3.63) is 125 Å². The van der Waals surface area contributed by atoms with E-state index in [1.807, 2.05) is 0 Å². The number of alkyl halides is 3. The summed E-state index contributed by atoms with van der Waals surface area (Å²) in [7, 11) is 0. The van der Waals surface area contributed by atoms with Gasteiger partial charge in [0, 0.05) is 33.2 Å². The lowest BCUT2D eigenvalue weighted by Crippen LogP contribution is -2.27. The molecule has 0 saturated carbocycles. The summed E-state index contributed by atoms with van der Waals surface area (Å²) in [6, 6.07) is 2.81. The van der Waals surface area contributed by atoms with Crippen molar-refractivity contribution in [3.63, 3.8) is 0 Å². The number of benzene rings is 3. The second-order valence-electron chi connectivity index (χ2n) is 12.8. The Morgan fingerprint density at radius 2 is 1.04 bits per heavy atom. The van der Waals surface area contributed by atoms with Gasteiger partial charge in [-0.2, -0.15) is 33.4 Å². The van der Waals surface area contributed by atoms with Crippen LogP contribution in [0.15, 0.2) is 22.5 Å². The fourth-order valence-electron chi connectivity index (χ4n) is 7.23. The Morgan fingerprint density at radius 1 is 0.643 bits per heavy atom. The third-order valence-electron chi connectivity index (χ3n) is 9.74. The van der Waals surface area contributed by atoms with Crippen LogP contribution < -0.4 is 10.4 Å². The minimum atomic E-state index is -5.32. The molecule has 4 nitrogen and oxygen atoms in total. The molecule has 0 saturated heterocycles. The van der Waals surface area contributed by atoms with Crippen molar-refractivity contribution in [3.8, 4) is 34.4 Å². The van der Waals surface area contributed by atoms with Crippen LogP contribution in [0, 0.1) is 82.3 Å². The molecule has 0 fully saturated rings. The maximum atomic E-state index is 16.4. The van der Waals surface area contributed by atoms with Crippen molar-refractivity contribution < 1.29 is 48.3 Å². The summed E-state index contributed by atoms with van der Waals surface area (Å²) in [4.78, 5) is 5.10. The summed E-state index contributed by atoms with van der Waals surface area (Å²) in [6.07, 6.45) is -2.02. The molecule has 5 rings (SSSR count). The lowest BCUT2D eigenvalue weighted by Gasteiger charge is -2.20. The van der Waals surface area contributed by atoms with E-state index in [2.05, 4.69) is 9.69 Å². The molecule has 0 unspecified atom stereocenters. The third kappa shape index (κ3) is 6.71. The minimum absolute atomic E-state index is 0.0603. The lowest BCUT2D eigenvalue weighted by atomic mass is 9.85. The number of thioether (sulfide) groups is 1. The Bertz CT molecular complexity index is 2520. The van der Waals surface area contributed by atoms with E-state index in [1.165, 1.54) is 12.1 Å². The highest BCUT2D eigenvalue weighted by Gasteiger charge is 2.42. The second kappa shape index (κ2) is 15.9. The molecule has 0 bridgehead atoms. The highest BCUT2D eigenvalue weighted by molar-refractivity contribution is 8.09. The molecule has 2 aliphatic carbocycles. The fourth-order valence-corrected chi connectivity index (χ4v) is 8.08. The molecule has 0 aromatic heterocycles. The highest BCUT2D eigenvalue weighted by Crippen LogP contribution is 2.48. The maximum absolute atomic E-state index is 16.4. The number of halogens is 11. The minimum Gasteiger partial charge on any atom is -0.203 e. The van der Waals surface area contributed by atoms with E-state index in [9.17, 15) is 23.7 Å². The van der Waals surface area contributed by atoms with Gasteiger partial charge in [0.2, 0.25) is 0 Å². The molecule has 0 aliphatic heterocycles. The lowest BCUT2D eigenvalue weighted by molar-refractivity contribution is -0.0318. The first-order valence-corrected chi connectivity index (χ1v) is 17.7. The summed E-state index contributed by atoms with van der Waals surface area (Å²) in [5, 5.41) is 18.0. The van der Waals surface area contributed by atoms with Gasteiger partial charge in [-0.15, -0.1) is 0 Å². The van der Waals surface area contributed by atoms with Crippen molar-refractivity contribution in [2.45, 2.75) is 77.6 Å². The van der Waals surface area contributed by atoms with Gasteiger partial charge in [0.15, 0.2) is 46.5 Å². The van der Waals surface area contributed by atoms with Crippen molar-refractivity contribution in [2.24, 2.45) is 0 Å². The standard InChI is InChI=1S/C40H25F11N4S/c1-6-8-10-18-30(41)34(45)28(35(46)31(18)42)25-23-13-21(17(14-52)15-53)38(56-40(49,50)51)27(23)26(22-12-20(16(3)24(22)25)39(54-4)55-5)29-36(47)32(43)19(11-9-7-2)33(44)37(29)48/h6-13H2,1-3H3. The monoisotopic (exact) mass is 802 g/mol. The van der Waals surface area contributed by atoms with Gasteiger partial charge < -0.3 is 0 Å². The molecule has 0 N–H and O–H groups in total. The molecular weight excluding hydrogens is 778 g/mol. The Morgan fingerprint density at radius 3 is 1.41 bits per heavy atom. The van der Waals surface area contributed by atoms with Crippen LogP contribution in [0.25, 0.3) is 42.4 Å². The summed E-state index contributed by atoms with van der Waals surface area (Å²) >= 11 is -1.02. The maximum Gasteiger partial charge on any atom is 0.523 e. The Labute approximate surface area is 317 Å². The predicted octanol–water partition coefficient (Wildman–Crippen LogP) is 10.9. The van der Waals surface area contributed by atoms with Gasteiger partial charge in [-0.05, 0) is 83.8 Å². The van der Waals surface area contributed by atoms with Gasteiger partial charge in [-0.25, -0.2) is 35.1 Å². The molecule has 56 heavy (non-hydrogen) atoms. The number of hydrogen-bond acceptors (Lipinski definition) is 3. The summed E-state index contributed by atoms with van der Waals surface area (Å²) in [5.41, 5.74) is -16.0. The van der Waals surface area contributed by atoms with Crippen LogP contribution in [0.3, 0.4) is 0 Å². The molecule has 0 atom stereocenters. The molecule has 0 heterocycles. The average Bonchev–Trinajstić information content (AvgIpc) is 3.68. The zero-order chi connectivity index (χ0) is 41.5. The van der Waals surface area contributed by atoms with Crippen LogP contribution in [0.2, 0.25) is 0 Å². The van der Waals surface area contributed by atoms with Gasteiger partial charge in [0.1, 0.15) is 30.9 Å². The molecule has 0 radical (unpaired) electrons. The number of hydrogen-bond donors (Lipinski definition) is 0. The van der Waals surface area contributed by atoms with E-state index in [1.54, 1.807) is 13.8 Å². The van der Waals surface area contributed by atoms with E-state index in [0.29, 0.717) is 12.8 Å². The second-order valence-corrected chi connectivity index (χ2v) is 13.9. The van der Waals surface area contributed by atoms with Crippen LogP contribution in [0.4, 0.5) is 48.3 Å². The van der Waals surface area contributed by atoms with Gasteiger partial charge >= 0.3 is 11.3 Å². The first kappa shape index (κ1) is 41.6. The van der Waals surface area contributed by atoms with Crippen LogP contribution in [-0.2, 0) is 25.7 Å². The van der Waals surface area contributed by atoms with Crippen LogP contribution in [-0.4, -0.2) is 5.51 Å². The highest BCUT2D eigenvalue weighted by atomic mass is 32.2. The molecule has 16 heteroatoms. The molecule has 0 amide bonds. The van der Waals surface area contributed by atoms with Gasteiger partial charge in [0.05, 0.1) is 16.7 Å². The van der Waals surface area contributed by atoms with Crippen molar-refractivity contribution >= 4 is 22.2 Å². The third-order valence-corrected chi connectivity index (χ3v) is 10.6. The summed E-state index contributed by atoms with van der Waals surface area (Å²) < 4.78 is 172. The van der Waals surface area contributed by atoms with Crippen LogP contribution >= 0.6 is 11.8 Å². The van der Waals surface area contributed by atoms with Crippen molar-refractivity contribution in [1.82, 2.24) is 0 Å². The number of nitriles is 2. The number of unbranched alkanes of at least 4 members (excludes halogenated alkanes) is 2. The molecular formula is C40H25F11N4S. The molecule has 2 aliphatic rings. The molecule has 3 aromatic rings. The number of nitrogens with zero attached hydrogens (tertiary/aromatic N) is 4. The molecule has 0 spiro atoms. The average molecular weight is 803 g/mol. The van der Waals surface area contributed by atoms with Gasteiger partial charge in [-0.3, -0.25) is 0 Å². The topological polar surface area (TPSA) is 56.3 Å². The van der Waals surface area contributed by atoms with E-state index in [4.69, 9.17) is 13.1 Å². The van der Waals surface area contributed by atoms with E-state index >= 15 is 35.1 Å². The number of rotatable bonds is 9. The van der Waals surface area contributed by atoms with E-state index in [0.717, 1.165) is 6.92 Å². The Hall–Kier alpha value is -5.58. The van der Waals surface area contributed by atoms with E-state index < -0.39 is 166 Å². The fraction of sp³-hybridized carbons (Fsp3) is 0.300. The van der Waals surface area contributed by atoms with Crippen molar-refractivity contribution in [1.29, 1.82) is 10.5 Å². The zero-order valence-electron chi connectivity index (χ0n) is 29.5. The van der Waals surface area contributed by atoms with Crippen LogP contribution in [0.1, 0.15) is 68.7 Å². The number of fused-ring (bicyclic) bond motifs is 2. The Balaban J connectivity index is 2.22. The van der Waals surface area contributed by atoms with Crippen LogP contribution in [0.5, 0.6) is 0 Å². The Kier molecular flexibility index (Phi) is 11.8. The first-order valence-electron chi connectivity index (χ1n) is 16.9. The summed E-state index contributed by atoms with van der Waals surface area (Å²) in [5.74, 6) is -16.5. The summed E-state index contributed by atoms with van der Waals surface area (Å²) in [6.45, 7) is 19.5. The van der Waals surface area contributed by atoms with E-state index in [-0.39, 0.29) is 24.0 Å². The smallest absolute Gasteiger partial charge is 0.203 e. The largest absolute Gasteiger partial charge is 0.523 e. The molecule has 3 aromatic carbocycles. The van der Waals surface area contributed by atoms with Gasteiger partial charge in [-0.1, -0.05) is 26.7 Å². The molecule has 288 valence electrons. The quantitative estimate of drug-likeness (QED) is 0.0937. The SMILES string of the molecule is [C-]#[N+]C([N+]#[C-])=C1Cc2c(-c3c(F)c(F)c(CCCC)c(F)c3F)c3c(c(-c4c(F)c(F)c(CCCC)c(F)c4F)c2=C1C)CC(=C(C#N)C#N)C=3SC(F)(F)F. The van der Waals surface area contributed by atoms with Gasteiger partial charge in [0.25, 0.3) is 0 Å². The first-order chi connectivity index (χ1) is 26.4. The zero-order valence-corrected chi connectivity index (χ0v) is 30.3. The number of allylic oxidation sites excluding steroid dienone is 2. The normalized spacial score (nSPS) is 13.3. The predicted molar refractivity (Wildman–Crippen MR) is 185 cm³/mol.